The molecule has 0 radical (unpaired) electrons. The number of hydrogen-bond acceptors (Lipinski definition) is 4. The zero-order chi connectivity index (χ0) is 17.7. The van der Waals surface area contributed by atoms with Crippen LogP contribution in [0.4, 0.5) is 0 Å². The molecule has 4 aliphatic rings. The summed E-state index contributed by atoms with van der Waals surface area (Å²) >= 11 is 0. The van der Waals surface area contributed by atoms with E-state index in [2.05, 4.69) is 39.9 Å². The Morgan fingerprint density at radius 1 is 1.15 bits per heavy atom. The Morgan fingerprint density at radius 3 is 2.69 bits per heavy atom. The number of para-hydroxylation sites is 1. The molecular formula is C21H29N3O2. The maximum absolute atomic E-state index is 13.3. The fourth-order valence-electron chi connectivity index (χ4n) is 5.01. The van der Waals surface area contributed by atoms with Crippen LogP contribution in [0.5, 0.6) is 5.75 Å². The van der Waals surface area contributed by atoms with Gasteiger partial charge in [-0.1, -0.05) is 18.2 Å². The Morgan fingerprint density at radius 2 is 1.92 bits per heavy atom. The normalized spacial score (nSPS) is 32.0. The number of piperazine rings is 1. The second-order valence-corrected chi connectivity index (χ2v) is 8.59. The number of hydrogen-bond donors (Lipinski definition) is 0. The van der Waals surface area contributed by atoms with Gasteiger partial charge in [0.2, 0.25) is 5.91 Å². The third-order valence-electron chi connectivity index (χ3n) is 6.74. The van der Waals surface area contributed by atoms with Crippen molar-refractivity contribution in [3.8, 4) is 5.75 Å². The highest BCUT2D eigenvalue weighted by Crippen LogP contribution is 2.49. The van der Waals surface area contributed by atoms with Crippen molar-refractivity contribution in [2.24, 2.45) is 17.8 Å². The fraction of sp³-hybridized carbons (Fsp3) is 0.667. The number of carbonyl (C=O) groups excluding carboxylic acids is 1. The number of likely N-dealkylation sites (N-methyl/N-ethyl adjacent to an activating group) is 1. The van der Waals surface area contributed by atoms with Gasteiger partial charge in [-0.05, 0) is 31.9 Å². The lowest BCUT2D eigenvalue weighted by atomic mass is 9.84. The molecule has 1 aromatic carbocycles. The molecule has 1 aromatic rings. The molecule has 0 N–H and O–H groups in total. The molecular weight excluding hydrogens is 326 g/mol. The van der Waals surface area contributed by atoms with Crippen molar-refractivity contribution >= 4 is 5.91 Å². The molecule has 1 saturated carbocycles. The summed E-state index contributed by atoms with van der Waals surface area (Å²) in [4.78, 5) is 20.4. The van der Waals surface area contributed by atoms with Gasteiger partial charge in [0.1, 0.15) is 5.75 Å². The topological polar surface area (TPSA) is 36.0 Å². The summed E-state index contributed by atoms with van der Waals surface area (Å²) in [5, 5.41) is 0. The first-order valence-corrected chi connectivity index (χ1v) is 10.1. The van der Waals surface area contributed by atoms with Crippen LogP contribution in [0.25, 0.3) is 0 Å². The molecule has 0 bridgehead atoms. The molecule has 26 heavy (non-hydrogen) atoms. The number of rotatable bonds is 3. The largest absolute Gasteiger partial charge is 0.493 e. The average Bonchev–Trinajstić information content (AvgIpc) is 3.41. The third-order valence-corrected chi connectivity index (χ3v) is 6.74. The summed E-state index contributed by atoms with van der Waals surface area (Å²) in [6.07, 6.45) is 2.70. The monoisotopic (exact) mass is 355 g/mol. The molecule has 1 amide bonds. The Balaban J connectivity index is 1.40. The molecule has 3 aliphatic heterocycles. The van der Waals surface area contributed by atoms with Gasteiger partial charge in [-0.25, -0.2) is 0 Å². The Kier molecular flexibility index (Phi) is 4.17. The first-order chi connectivity index (χ1) is 12.7. The van der Waals surface area contributed by atoms with E-state index in [0.717, 1.165) is 50.9 Å². The minimum atomic E-state index is 0.0792. The molecule has 140 valence electrons. The van der Waals surface area contributed by atoms with E-state index in [0.29, 0.717) is 18.6 Å². The second kappa shape index (κ2) is 6.54. The van der Waals surface area contributed by atoms with Crippen LogP contribution >= 0.6 is 0 Å². The predicted octanol–water partition coefficient (Wildman–Crippen LogP) is 1.85. The fourth-order valence-corrected chi connectivity index (χ4v) is 5.01. The van der Waals surface area contributed by atoms with E-state index < -0.39 is 0 Å². The molecule has 5 nitrogen and oxygen atoms in total. The highest BCUT2D eigenvalue weighted by molar-refractivity contribution is 5.80. The van der Waals surface area contributed by atoms with E-state index in [1.165, 1.54) is 18.4 Å². The van der Waals surface area contributed by atoms with Crippen molar-refractivity contribution in [3.05, 3.63) is 29.8 Å². The Labute approximate surface area is 155 Å². The number of ether oxygens (including phenoxy) is 1. The number of benzene rings is 1. The number of nitrogens with zero attached hydrogens (tertiary/aromatic N) is 3. The van der Waals surface area contributed by atoms with Crippen molar-refractivity contribution < 1.29 is 9.53 Å². The van der Waals surface area contributed by atoms with Gasteiger partial charge in [0.05, 0.1) is 12.5 Å². The van der Waals surface area contributed by atoms with Gasteiger partial charge < -0.3 is 14.5 Å². The molecule has 2 saturated heterocycles. The van der Waals surface area contributed by atoms with Crippen molar-refractivity contribution in [1.82, 2.24) is 14.7 Å². The lowest BCUT2D eigenvalue weighted by Gasteiger charge is -2.37. The van der Waals surface area contributed by atoms with Crippen LogP contribution in [0.3, 0.4) is 0 Å². The summed E-state index contributed by atoms with van der Waals surface area (Å²) in [6, 6.07) is 8.79. The molecule has 0 unspecified atom stereocenters. The first-order valence-electron chi connectivity index (χ1n) is 10.1. The molecule has 3 fully saturated rings. The molecule has 5 heteroatoms. The second-order valence-electron chi connectivity index (χ2n) is 8.59. The van der Waals surface area contributed by atoms with E-state index >= 15 is 0 Å². The number of carbonyl (C=O) groups is 1. The van der Waals surface area contributed by atoms with Crippen LogP contribution in [0.1, 0.15) is 24.4 Å². The molecule has 3 heterocycles. The summed E-state index contributed by atoms with van der Waals surface area (Å²) in [6.45, 7) is 6.41. The van der Waals surface area contributed by atoms with Crippen molar-refractivity contribution in [2.45, 2.75) is 18.9 Å². The maximum atomic E-state index is 13.3. The lowest BCUT2D eigenvalue weighted by molar-refractivity contribution is -0.138. The summed E-state index contributed by atoms with van der Waals surface area (Å²) < 4.78 is 6.09. The van der Waals surface area contributed by atoms with Crippen LogP contribution < -0.4 is 4.74 Å². The van der Waals surface area contributed by atoms with Gasteiger partial charge in [0, 0.05) is 56.8 Å². The van der Waals surface area contributed by atoms with Crippen LogP contribution in [-0.2, 0) is 4.79 Å². The molecule has 1 aliphatic carbocycles. The summed E-state index contributed by atoms with van der Waals surface area (Å²) in [5.41, 5.74) is 1.29. The van der Waals surface area contributed by atoms with E-state index in [9.17, 15) is 4.79 Å². The molecule has 3 atom stereocenters. The quantitative estimate of drug-likeness (QED) is 0.829. The summed E-state index contributed by atoms with van der Waals surface area (Å²) in [7, 11) is 2.14. The first kappa shape index (κ1) is 16.6. The van der Waals surface area contributed by atoms with Gasteiger partial charge in [0.15, 0.2) is 0 Å². The number of fused-ring (bicyclic) bond motifs is 3. The van der Waals surface area contributed by atoms with Gasteiger partial charge in [0.25, 0.3) is 0 Å². The number of likely N-dealkylation sites (tertiary alicyclic amines) is 1. The summed E-state index contributed by atoms with van der Waals surface area (Å²) in [5.74, 6) is 2.58. The minimum Gasteiger partial charge on any atom is -0.493 e. The molecule has 5 rings (SSSR count). The van der Waals surface area contributed by atoms with Gasteiger partial charge in [-0.2, -0.15) is 0 Å². The van der Waals surface area contributed by atoms with E-state index in [1.807, 2.05) is 6.07 Å². The van der Waals surface area contributed by atoms with Crippen LogP contribution in [-0.4, -0.2) is 73.5 Å². The SMILES string of the molecule is CN1CCN(C(=O)[C@@H]2CN(CC3CC3)[C@H]3c4ccccc4OC[C@@H]23)CC1. The number of amides is 1. The average molecular weight is 355 g/mol. The van der Waals surface area contributed by atoms with Crippen molar-refractivity contribution in [1.29, 1.82) is 0 Å². The van der Waals surface area contributed by atoms with Crippen LogP contribution in [0.2, 0.25) is 0 Å². The van der Waals surface area contributed by atoms with E-state index in [4.69, 9.17) is 4.74 Å². The van der Waals surface area contributed by atoms with Gasteiger partial charge in [-0.3, -0.25) is 9.69 Å². The smallest absolute Gasteiger partial charge is 0.227 e. The predicted molar refractivity (Wildman–Crippen MR) is 100 cm³/mol. The zero-order valence-corrected chi connectivity index (χ0v) is 15.6. The van der Waals surface area contributed by atoms with Crippen LogP contribution in [0.15, 0.2) is 24.3 Å². The van der Waals surface area contributed by atoms with Crippen molar-refractivity contribution in [3.63, 3.8) is 0 Å². The maximum Gasteiger partial charge on any atom is 0.227 e. The Hall–Kier alpha value is -1.59. The standard InChI is InChI=1S/C21H29N3O2/c1-22-8-10-23(11-9-22)21(25)17-13-24(12-15-6-7-15)20-16-4-2-3-5-19(16)26-14-18(17)20/h2-5,15,17-18,20H,6-14H2,1H3/t17-,18+,20+/m1/s1. The van der Waals surface area contributed by atoms with Crippen molar-refractivity contribution in [2.75, 3.05) is 52.9 Å². The van der Waals surface area contributed by atoms with Gasteiger partial charge in [-0.15, -0.1) is 0 Å². The molecule has 0 spiro atoms. The van der Waals surface area contributed by atoms with E-state index in [-0.39, 0.29) is 11.8 Å². The highest BCUT2D eigenvalue weighted by Gasteiger charge is 2.50. The minimum absolute atomic E-state index is 0.0792. The molecule has 0 aromatic heterocycles. The zero-order valence-electron chi connectivity index (χ0n) is 15.6. The van der Waals surface area contributed by atoms with E-state index in [1.54, 1.807) is 0 Å². The Bertz CT molecular complexity index is 682. The third kappa shape index (κ3) is 2.91. The lowest BCUT2D eigenvalue weighted by Crippen LogP contribution is -2.50. The van der Waals surface area contributed by atoms with Crippen LogP contribution in [0, 0.1) is 17.8 Å². The van der Waals surface area contributed by atoms with Gasteiger partial charge >= 0.3 is 0 Å². The highest BCUT2D eigenvalue weighted by atomic mass is 16.5.